The Kier molecular flexibility index (Phi) is 19.9. The van der Waals surface area contributed by atoms with Crippen LogP contribution in [0, 0.1) is 11.8 Å². The summed E-state index contributed by atoms with van der Waals surface area (Å²) in [6.45, 7) is 10.9. The van der Waals surface area contributed by atoms with Gasteiger partial charge in [-0.15, -0.1) is 0 Å². The van der Waals surface area contributed by atoms with Gasteiger partial charge in [0.25, 0.3) is 0 Å². The molecule has 43 heavy (non-hydrogen) atoms. The van der Waals surface area contributed by atoms with Crippen LogP contribution in [0.3, 0.4) is 0 Å². The maximum absolute atomic E-state index is 10.3. The molecule has 1 aliphatic carbocycles. The van der Waals surface area contributed by atoms with Gasteiger partial charge in [-0.2, -0.15) is 0 Å². The Morgan fingerprint density at radius 3 is 1.40 bits per heavy atom. The minimum atomic E-state index is -1.08. The van der Waals surface area contributed by atoms with Gasteiger partial charge in [0.1, 0.15) is 11.5 Å². The zero-order valence-electron chi connectivity index (χ0n) is 26.3. The first-order valence-corrected chi connectivity index (χ1v) is 14.8. The number of hydrogen-bond acceptors (Lipinski definition) is 8. The molecule has 1 saturated carbocycles. The fourth-order valence-corrected chi connectivity index (χ4v) is 4.43. The molecule has 239 valence electrons. The normalized spacial score (nSPS) is 16.3. The van der Waals surface area contributed by atoms with Crippen LogP contribution < -0.4 is 10.2 Å². The number of aliphatic imine (C=N–C) groups is 2. The smallest absolute Gasteiger partial charge is 0.550 e. The van der Waals surface area contributed by atoms with Gasteiger partial charge in [-0.25, -0.2) is 0 Å². The third-order valence-corrected chi connectivity index (χ3v) is 6.71. The number of hydrogen-bond donors (Lipinski definition) is 2. The molecule has 0 spiro atoms. The van der Waals surface area contributed by atoms with E-state index in [1.54, 1.807) is 12.1 Å². The number of carbonyl (C=O) groups excluding carboxylic acids is 2. The fraction of sp³-hybridized carbons (Fsp3) is 0.529. The van der Waals surface area contributed by atoms with Crippen molar-refractivity contribution >= 4 is 24.4 Å². The van der Waals surface area contributed by atoms with Crippen LogP contribution in [0.15, 0.2) is 46.4 Å². The molecule has 1 aliphatic rings. The number of aliphatic carboxylic acids is 2. The van der Waals surface area contributed by atoms with E-state index in [0.717, 1.165) is 76.3 Å². The van der Waals surface area contributed by atoms with Crippen LogP contribution in [0.1, 0.15) is 102 Å². The van der Waals surface area contributed by atoms with E-state index in [1.807, 2.05) is 24.6 Å². The molecular weight excluding hydrogens is 591 g/mol. The Hall–Kier alpha value is -3.17. The summed E-state index contributed by atoms with van der Waals surface area (Å²) in [5.74, 6) is -0.309. The second-order valence-corrected chi connectivity index (χ2v) is 11.6. The van der Waals surface area contributed by atoms with Crippen molar-refractivity contribution in [1.82, 2.24) is 0 Å². The van der Waals surface area contributed by atoms with E-state index in [9.17, 15) is 10.2 Å². The topological polar surface area (TPSA) is 145 Å². The molecule has 2 N–H and O–H groups in total. The Labute approximate surface area is 267 Å². The van der Waals surface area contributed by atoms with E-state index in [1.165, 1.54) is 11.1 Å². The van der Waals surface area contributed by atoms with Gasteiger partial charge in [0, 0.05) is 35.5 Å². The first-order valence-electron chi connectivity index (χ1n) is 14.8. The third kappa shape index (κ3) is 18.2. The Bertz CT molecular complexity index is 1080. The summed E-state index contributed by atoms with van der Waals surface area (Å²) in [7, 11) is 0. The van der Waals surface area contributed by atoms with Gasteiger partial charge in [-0.1, -0.05) is 52.7 Å². The fourth-order valence-electron chi connectivity index (χ4n) is 4.43. The first kappa shape index (κ1) is 39.8. The second-order valence-electron chi connectivity index (χ2n) is 11.6. The third-order valence-electron chi connectivity index (χ3n) is 6.71. The maximum atomic E-state index is 10.3. The maximum Gasteiger partial charge on any atom is 2.00 e. The summed E-state index contributed by atoms with van der Waals surface area (Å²) < 4.78 is 0. The number of carboxylic acids is 2. The average molecular weight is 640 g/mol. The predicted molar refractivity (Wildman–Crippen MR) is 165 cm³/mol. The van der Waals surface area contributed by atoms with Gasteiger partial charge < -0.3 is 30.0 Å². The van der Waals surface area contributed by atoms with Gasteiger partial charge in [0.05, 0.1) is 12.1 Å². The second kappa shape index (κ2) is 21.5. The molecule has 0 heterocycles. The molecule has 2 atom stereocenters. The first-order chi connectivity index (χ1) is 19.8. The van der Waals surface area contributed by atoms with Gasteiger partial charge >= 0.3 is 16.8 Å². The van der Waals surface area contributed by atoms with E-state index in [0.29, 0.717) is 11.8 Å². The summed E-state index contributed by atoms with van der Waals surface area (Å²) in [5, 5.41) is 38.5. The SMILES string of the molecule is CC(=O)[O-].CC(=O)[O-].CC(C)CCc1ccc(O)c(C=NC2CCCCC2N=Cc2cc(CCC(C)C)ccc2O)c1.[Co+2]. The molecule has 2 aromatic rings. The Morgan fingerprint density at radius 2 is 1.09 bits per heavy atom. The van der Waals surface area contributed by atoms with Crippen molar-refractivity contribution in [1.29, 1.82) is 0 Å². The molecule has 2 aromatic carbocycles. The predicted octanol–water partition coefficient (Wildman–Crippen LogP) is 4.63. The summed E-state index contributed by atoms with van der Waals surface area (Å²) in [6, 6.07) is 11.9. The van der Waals surface area contributed by atoms with Crippen molar-refractivity contribution in [3.8, 4) is 11.5 Å². The number of benzene rings is 2. The monoisotopic (exact) mass is 639 g/mol. The van der Waals surface area contributed by atoms with Gasteiger partial charge in [-0.05, 0) is 99.6 Å². The number of aromatic hydroxyl groups is 2. The van der Waals surface area contributed by atoms with Gasteiger partial charge in [0.15, 0.2) is 0 Å². The van der Waals surface area contributed by atoms with Crippen LogP contribution in [-0.4, -0.2) is 46.7 Å². The number of aryl methyl sites for hydroxylation is 2. The Balaban J connectivity index is 0.00000174. The summed E-state index contributed by atoms with van der Waals surface area (Å²) >= 11 is 0. The number of rotatable bonds is 10. The number of carbonyl (C=O) groups is 2. The molecule has 0 aromatic heterocycles. The largest absolute Gasteiger partial charge is 2.00 e. The van der Waals surface area contributed by atoms with Crippen LogP contribution in [0.25, 0.3) is 0 Å². The minimum Gasteiger partial charge on any atom is -0.550 e. The van der Waals surface area contributed by atoms with Crippen molar-refractivity contribution < 1.29 is 46.8 Å². The van der Waals surface area contributed by atoms with Crippen LogP contribution in [0.4, 0.5) is 0 Å². The molecule has 0 aliphatic heterocycles. The molecule has 0 amide bonds. The van der Waals surface area contributed by atoms with Crippen LogP contribution >= 0.6 is 0 Å². The average Bonchev–Trinajstić information content (AvgIpc) is 2.90. The summed E-state index contributed by atoms with van der Waals surface area (Å²) in [5.41, 5.74) is 4.04. The van der Waals surface area contributed by atoms with Gasteiger partial charge in [0.2, 0.25) is 0 Å². The number of phenols is 2. The van der Waals surface area contributed by atoms with Crippen LogP contribution in [0.5, 0.6) is 11.5 Å². The number of nitrogens with zero attached hydrogens (tertiary/aromatic N) is 2. The van der Waals surface area contributed by atoms with E-state index in [-0.39, 0.29) is 40.4 Å². The van der Waals surface area contributed by atoms with Crippen molar-refractivity contribution in [3.05, 3.63) is 58.7 Å². The van der Waals surface area contributed by atoms with E-state index in [2.05, 4.69) is 39.8 Å². The molecule has 1 fully saturated rings. The number of phenolic OH excluding ortho intramolecular Hbond substituents is 2. The number of carboxylic acid groups (broad SMARTS) is 2. The van der Waals surface area contributed by atoms with Crippen molar-refractivity contribution in [2.45, 2.75) is 105 Å². The standard InChI is InChI=1S/C30H42N2O2.2C2H4O2.Co/c1-21(2)9-11-23-13-15-29(33)25(17-23)19-31-27-7-5-6-8-28(27)32-20-26-18-24(12-10-22(3)4)14-16-30(26)34;2*1-2(3)4;/h13-22,27-28,33-34H,5-12H2,1-4H3;2*1H3,(H,3,4);/q;;;+2/p-2. The molecule has 1 radical (unpaired) electrons. The minimum absolute atomic E-state index is 0. The van der Waals surface area contributed by atoms with E-state index in [4.69, 9.17) is 29.8 Å². The van der Waals surface area contributed by atoms with Crippen molar-refractivity contribution in [3.63, 3.8) is 0 Å². The zero-order chi connectivity index (χ0) is 31.7. The molecule has 3 rings (SSSR count). The molecule has 0 saturated heterocycles. The summed E-state index contributed by atoms with van der Waals surface area (Å²) in [4.78, 5) is 27.5. The molecule has 8 nitrogen and oxygen atoms in total. The van der Waals surface area contributed by atoms with Gasteiger partial charge in [-0.3, -0.25) is 9.98 Å². The zero-order valence-corrected chi connectivity index (χ0v) is 27.4. The summed E-state index contributed by atoms with van der Waals surface area (Å²) in [6.07, 6.45) is 12.2. The molecule has 2 unspecified atom stereocenters. The van der Waals surface area contributed by atoms with Crippen molar-refractivity contribution in [2.75, 3.05) is 0 Å². The quantitative estimate of drug-likeness (QED) is 0.363. The molecule has 9 heteroatoms. The molecular formula is C34H48CoN2O6. The van der Waals surface area contributed by atoms with Crippen LogP contribution in [0.2, 0.25) is 0 Å². The van der Waals surface area contributed by atoms with Crippen molar-refractivity contribution in [2.24, 2.45) is 21.8 Å². The van der Waals surface area contributed by atoms with E-state index >= 15 is 0 Å². The van der Waals surface area contributed by atoms with Crippen LogP contribution in [-0.2, 0) is 39.2 Å². The molecule has 0 bridgehead atoms. The van der Waals surface area contributed by atoms with E-state index < -0.39 is 11.9 Å². The Morgan fingerprint density at radius 1 is 0.767 bits per heavy atom.